The van der Waals surface area contributed by atoms with Crippen LogP contribution in [-0.2, 0) is 11.3 Å². The lowest BCUT2D eigenvalue weighted by molar-refractivity contribution is -0.133. The summed E-state index contributed by atoms with van der Waals surface area (Å²) in [5.74, 6) is 0.890. The van der Waals surface area contributed by atoms with E-state index in [2.05, 4.69) is 10.2 Å². The summed E-state index contributed by atoms with van der Waals surface area (Å²) in [6.45, 7) is 2.51. The summed E-state index contributed by atoms with van der Waals surface area (Å²) in [5.41, 5.74) is 3.02. The van der Waals surface area contributed by atoms with E-state index < -0.39 is 12.2 Å². The number of carbonyl (C=O) groups excluding carboxylic acids is 2. The van der Waals surface area contributed by atoms with E-state index in [1.165, 1.54) is 11.9 Å². The van der Waals surface area contributed by atoms with E-state index in [-0.39, 0.29) is 11.9 Å². The van der Waals surface area contributed by atoms with Gasteiger partial charge in [-0.25, -0.2) is 4.79 Å². The molecule has 5 rings (SSSR count). The van der Waals surface area contributed by atoms with Crippen molar-refractivity contribution in [2.24, 2.45) is 0 Å². The SMILES string of the molecule is Cc1ccc(CN2c3nnc(-c4ccc(Cl)cc4)n3C3C2C(=O)N(C)C(=O)N3C)cc1. The number of hydrogen-bond acceptors (Lipinski definition) is 5. The molecule has 2 aliphatic rings. The van der Waals surface area contributed by atoms with Crippen LogP contribution in [-0.4, -0.2) is 56.6 Å². The first-order valence-electron chi connectivity index (χ1n) is 9.94. The fraction of sp³-hybridized carbons (Fsp3) is 0.273. The molecule has 2 aromatic carbocycles. The van der Waals surface area contributed by atoms with Gasteiger partial charge >= 0.3 is 6.03 Å². The Morgan fingerprint density at radius 2 is 1.65 bits per heavy atom. The number of fused-ring (bicyclic) bond motifs is 3. The molecule has 158 valence electrons. The second-order valence-electron chi connectivity index (χ2n) is 7.96. The highest BCUT2D eigenvalue weighted by molar-refractivity contribution is 6.30. The number of halogens is 1. The van der Waals surface area contributed by atoms with Crippen LogP contribution >= 0.6 is 11.6 Å². The van der Waals surface area contributed by atoms with Crippen LogP contribution in [0.2, 0.25) is 5.02 Å². The molecule has 0 radical (unpaired) electrons. The minimum absolute atomic E-state index is 0.257. The monoisotopic (exact) mass is 436 g/mol. The summed E-state index contributed by atoms with van der Waals surface area (Å²) in [6, 6.07) is 14.5. The fourth-order valence-electron chi connectivity index (χ4n) is 4.29. The van der Waals surface area contributed by atoms with E-state index in [0.29, 0.717) is 23.3 Å². The Morgan fingerprint density at radius 3 is 2.32 bits per heavy atom. The van der Waals surface area contributed by atoms with Gasteiger partial charge < -0.3 is 9.80 Å². The van der Waals surface area contributed by atoms with E-state index in [1.54, 1.807) is 24.1 Å². The highest BCUT2D eigenvalue weighted by atomic mass is 35.5. The predicted molar refractivity (Wildman–Crippen MR) is 117 cm³/mol. The number of rotatable bonds is 3. The molecule has 2 aliphatic heterocycles. The molecule has 1 saturated heterocycles. The highest BCUT2D eigenvalue weighted by Gasteiger charge is 2.54. The topological polar surface area (TPSA) is 74.6 Å². The van der Waals surface area contributed by atoms with Gasteiger partial charge in [-0.05, 0) is 36.8 Å². The van der Waals surface area contributed by atoms with Crippen LogP contribution in [0.15, 0.2) is 48.5 Å². The van der Waals surface area contributed by atoms with Crippen molar-refractivity contribution >= 4 is 29.5 Å². The molecule has 31 heavy (non-hydrogen) atoms. The molecule has 0 saturated carbocycles. The number of benzene rings is 2. The predicted octanol–water partition coefficient (Wildman–Crippen LogP) is 3.32. The van der Waals surface area contributed by atoms with Crippen molar-refractivity contribution in [3.05, 3.63) is 64.7 Å². The molecule has 0 aliphatic carbocycles. The number of aromatic nitrogens is 3. The Kier molecular flexibility index (Phi) is 4.48. The molecule has 1 fully saturated rings. The van der Waals surface area contributed by atoms with E-state index in [0.717, 1.165) is 16.7 Å². The molecule has 0 N–H and O–H groups in total. The minimum Gasteiger partial charge on any atom is -0.321 e. The minimum atomic E-state index is -0.592. The van der Waals surface area contributed by atoms with Crippen LogP contribution in [0.4, 0.5) is 10.7 Å². The quantitative estimate of drug-likeness (QED) is 0.629. The molecule has 9 heteroatoms. The summed E-state index contributed by atoms with van der Waals surface area (Å²) in [7, 11) is 3.22. The van der Waals surface area contributed by atoms with Crippen molar-refractivity contribution in [3.8, 4) is 11.4 Å². The van der Waals surface area contributed by atoms with Gasteiger partial charge in [0, 0.05) is 31.2 Å². The summed E-state index contributed by atoms with van der Waals surface area (Å²) in [5, 5.41) is 9.45. The summed E-state index contributed by atoms with van der Waals surface area (Å²) >= 11 is 6.05. The van der Waals surface area contributed by atoms with Gasteiger partial charge in [-0.3, -0.25) is 14.3 Å². The third-order valence-electron chi connectivity index (χ3n) is 5.96. The maximum Gasteiger partial charge on any atom is 0.327 e. The third kappa shape index (κ3) is 2.97. The van der Waals surface area contributed by atoms with Crippen LogP contribution in [0, 0.1) is 6.92 Å². The molecule has 1 aromatic heterocycles. The molecule has 3 heterocycles. The first-order chi connectivity index (χ1) is 14.9. The zero-order valence-corrected chi connectivity index (χ0v) is 18.1. The van der Waals surface area contributed by atoms with E-state index in [1.807, 2.05) is 52.8 Å². The van der Waals surface area contributed by atoms with Crippen molar-refractivity contribution in [1.29, 1.82) is 0 Å². The lowest BCUT2D eigenvalue weighted by Gasteiger charge is -2.40. The number of likely N-dealkylation sites (N-methyl/N-ethyl adjacent to an activating group) is 2. The molecule has 0 spiro atoms. The first kappa shape index (κ1) is 19.6. The number of carbonyl (C=O) groups is 2. The van der Waals surface area contributed by atoms with E-state index in [9.17, 15) is 9.59 Å². The number of nitrogens with zero attached hydrogens (tertiary/aromatic N) is 6. The van der Waals surface area contributed by atoms with Gasteiger partial charge in [-0.2, -0.15) is 0 Å². The number of anilines is 1. The van der Waals surface area contributed by atoms with Gasteiger partial charge in [0.1, 0.15) is 6.17 Å². The number of imide groups is 1. The third-order valence-corrected chi connectivity index (χ3v) is 6.21. The van der Waals surface area contributed by atoms with Crippen molar-refractivity contribution in [1.82, 2.24) is 24.6 Å². The van der Waals surface area contributed by atoms with Crippen LogP contribution < -0.4 is 4.90 Å². The number of urea groups is 1. The molecule has 3 aromatic rings. The van der Waals surface area contributed by atoms with Crippen LogP contribution in [0.1, 0.15) is 17.3 Å². The second-order valence-corrected chi connectivity index (χ2v) is 8.40. The lowest BCUT2D eigenvalue weighted by atomic mass is 10.1. The average Bonchev–Trinajstić information content (AvgIpc) is 3.32. The lowest BCUT2D eigenvalue weighted by Crippen LogP contribution is -2.61. The van der Waals surface area contributed by atoms with Gasteiger partial charge in [0.05, 0.1) is 0 Å². The summed E-state index contributed by atoms with van der Waals surface area (Å²) < 4.78 is 1.88. The number of aryl methyl sites for hydroxylation is 1. The van der Waals surface area contributed by atoms with Crippen molar-refractivity contribution in [2.45, 2.75) is 25.7 Å². The molecular formula is C22H21ClN6O2. The Hall–Kier alpha value is -3.39. The maximum absolute atomic E-state index is 13.2. The van der Waals surface area contributed by atoms with Crippen molar-refractivity contribution < 1.29 is 9.59 Å². The van der Waals surface area contributed by atoms with Gasteiger partial charge in [0.15, 0.2) is 11.9 Å². The Labute approximate surface area is 184 Å². The van der Waals surface area contributed by atoms with Gasteiger partial charge in [0.2, 0.25) is 5.95 Å². The van der Waals surface area contributed by atoms with Crippen molar-refractivity contribution in [2.75, 3.05) is 19.0 Å². The number of hydrogen-bond donors (Lipinski definition) is 0. The standard InChI is InChI=1S/C22H21ClN6O2/c1-13-4-6-14(7-5-13)12-28-17-19(26(2)22(31)27(3)20(17)30)29-18(24-25-21(28)29)15-8-10-16(23)11-9-15/h4-11,17,19H,12H2,1-3H3. The highest BCUT2D eigenvalue weighted by Crippen LogP contribution is 2.42. The second kappa shape index (κ2) is 7.09. The van der Waals surface area contributed by atoms with Crippen LogP contribution in [0.5, 0.6) is 0 Å². The maximum atomic E-state index is 13.2. The Bertz CT molecular complexity index is 1170. The average molecular weight is 437 g/mol. The van der Waals surface area contributed by atoms with Crippen LogP contribution in [0.3, 0.4) is 0 Å². The molecule has 2 unspecified atom stereocenters. The molecule has 8 nitrogen and oxygen atoms in total. The number of amides is 3. The van der Waals surface area contributed by atoms with E-state index in [4.69, 9.17) is 11.6 Å². The van der Waals surface area contributed by atoms with Crippen LogP contribution in [0.25, 0.3) is 11.4 Å². The largest absolute Gasteiger partial charge is 0.327 e. The van der Waals surface area contributed by atoms with Gasteiger partial charge in [0.25, 0.3) is 5.91 Å². The Morgan fingerprint density at radius 1 is 0.968 bits per heavy atom. The summed E-state index contributed by atoms with van der Waals surface area (Å²) in [6.07, 6.45) is -0.544. The Balaban J connectivity index is 1.64. The molecular weight excluding hydrogens is 416 g/mol. The van der Waals surface area contributed by atoms with Gasteiger partial charge in [-0.1, -0.05) is 41.4 Å². The first-order valence-corrected chi connectivity index (χ1v) is 10.3. The molecule has 3 amide bonds. The van der Waals surface area contributed by atoms with Gasteiger partial charge in [-0.15, -0.1) is 10.2 Å². The summed E-state index contributed by atoms with van der Waals surface area (Å²) in [4.78, 5) is 30.7. The van der Waals surface area contributed by atoms with E-state index >= 15 is 0 Å². The molecule has 2 atom stereocenters. The normalized spacial score (nSPS) is 20.3. The zero-order valence-electron chi connectivity index (χ0n) is 17.4. The fourth-order valence-corrected chi connectivity index (χ4v) is 4.42. The molecule has 0 bridgehead atoms. The smallest absolute Gasteiger partial charge is 0.321 e. The zero-order chi connectivity index (χ0) is 21.9. The van der Waals surface area contributed by atoms with Crippen molar-refractivity contribution in [3.63, 3.8) is 0 Å².